The Labute approximate surface area is 94.8 Å². The molecule has 0 amide bonds. The Morgan fingerprint density at radius 2 is 2.07 bits per heavy atom. The van der Waals surface area contributed by atoms with Gasteiger partial charge in [-0.3, -0.25) is 0 Å². The molecule has 0 aliphatic heterocycles. The minimum Gasteiger partial charge on any atom is -0.383 e. The lowest BCUT2D eigenvalue weighted by molar-refractivity contribution is 0.164. The third-order valence-corrected chi connectivity index (χ3v) is 3.48. The molecule has 1 saturated carbocycles. The van der Waals surface area contributed by atoms with E-state index in [2.05, 4.69) is 19.2 Å². The molecule has 0 saturated heterocycles. The fourth-order valence-corrected chi connectivity index (χ4v) is 2.42. The predicted octanol–water partition coefficient (Wildman–Crippen LogP) is 2.68. The van der Waals surface area contributed by atoms with Crippen LogP contribution in [-0.2, 0) is 4.74 Å². The van der Waals surface area contributed by atoms with E-state index in [1.165, 1.54) is 32.2 Å². The molecule has 2 nitrogen and oxygen atoms in total. The van der Waals surface area contributed by atoms with E-state index in [-0.39, 0.29) is 0 Å². The molecule has 1 aliphatic carbocycles. The molecule has 1 aliphatic rings. The molecule has 1 N–H and O–H groups in total. The number of nitrogens with one attached hydrogen (secondary N) is 1. The second-order valence-electron chi connectivity index (χ2n) is 5.28. The second kappa shape index (κ2) is 7.24. The van der Waals surface area contributed by atoms with Crippen molar-refractivity contribution in [3.63, 3.8) is 0 Å². The minimum atomic E-state index is 0.832. The van der Waals surface area contributed by atoms with E-state index in [1.807, 2.05) is 0 Å². The molecule has 0 heterocycles. The highest BCUT2D eigenvalue weighted by Gasteiger charge is 2.27. The summed E-state index contributed by atoms with van der Waals surface area (Å²) in [4.78, 5) is 0. The fourth-order valence-electron chi connectivity index (χ4n) is 2.42. The maximum Gasteiger partial charge on any atom is 0.0587 e. The highest BCUT2D eigenvalue weighted by molar-refractivity contribution is 4.79. The second-order valence-corrected chi connectivity index (χ2v) is 5.28. The molecule has 90 valence electrons. The molecular weight excluding hydrogens is 186 g/mol. The van der Waals surface area contributed by atoms with E-state index in [0.29, 0.717) is 0 Å². The average Bonchev–Trinajstić information content (AvgIpc) is 2.08. The van der Waals surface area contributed by atoms with Crippen LogP contribution in [0.2, 0.25) is 0 Å². The zero-order valence-electron chi connectivity index (χ0n) is 10.6. The SMILES string of the molecule is COCCNCC(CC(C)C)C1CCC1. The van der Waals surface area contributed by atoms with Gasteiger partial charge in [0.1, 0.15) is 0 Å². The van der Waals surface area contributed by atoms with Crippen LogP contribution in [0.5, 0.6) is 0 Å². The van der Waals surface area contributed by atoms with Gasteiger partial charge in [0.25, 0.3) is 0 Å². The van der Waals surface area contributed by atoms with Crippen LogP contribution < -0.4 is 5.32 Å². The molecule has 15 heavy (non-hydrogen) atoms. The first kappa shape index (κ1) is 13.0. The predicted molar refractivity (Wildman–Crippen MR) is 65.0 cm³/mol. The summed E-state index contributed by atoms with van der Waals surface area (Å²) in [6, 6.07) is 0. The minimum absolute atomic E-state index is 0.832. The van der Waals surface area contributed by atoms with Crippen molar-refractivity contribution < 1.29 is 4.74 Å². The smallest absolute Gasteiger partial charge is 0.0587 e. The van der Waals surface area contributed by atoms with E-state index < -0.39 is 0 Å². The van der Waals surface area contributed by atoms with Crippen LogP contribution in [0, 0.1) is 17.8 Å². The summed E-state index contributed by atoms with van der Waals surface area (Å²) in [5.41, 5.74) is 0. The molecule has 1 unspecified atom stereocenters. The van der Waals surface area contributed by atoms with Crippen molar-refractivity contribution in [2.24, 2.45) is 17.8 Å². The van der Waals surface area contributed by atoms with Crippen molar-refractivity contribution in [1.29, 1.82) is 0 Å². The summed E-state index contributed by atoms with van der Waals surface area (Å²) in [5, 5.41) is 3.52. The van der Waals surface area contributed by atoms with Gasteiger partial charge in [0.05, 0.1) is 6.61 Å². The van der Waals surface area contributed by atoms with Crippen LogP contribution in [-0.4, -0.2) is 26.8 Å². The number of methoxy groups -OCH3 is 1. The van der Waals surface area contributed by atoms with Gasteiger partial charge in [-0.2, -0.15) is 0 Å². The van der Waals surface area contributed by atoms with E-state index in [0.717, 1.165) is 30.9 Å². The first-order valence-electron chi connectivity index (χ1n) is 6.43. The molecular formula is C13H27NO. The molecule has 0 spiro atoms. The first-order chi connectivity index (χ1) is 7.24. The molecule has 1 atom stereocenters. The normalized spacial score (nSPS) is 19.2. The summed E-state index contributed by atoms with van der Waals surface area (Å²) in [6.45, 7) is 7.69. The van der Waals surface area contributed by atoms with Crippen LogP contribution >= 0.6 is 0 Å². The molecule has 1 rings (SSSR count). The lowest BCUT2D eigenvalue weighted by Gasteiger charge is -2.35. The Balaban J connectivity index is 2.16. The molecule has 1 fully saturated rings. The summed E-state index contributed by atoms with van der Waals surface area (Å²) in [5.74, 6) is 2.73. The molecule has 0 aromatic heterocycles. The first-order valence-corrected chi connectivity index (χ1v) is 6.43. The van der Waals surface area contributed by atoms with Crippen molar-refractivity contribution in [3.05, 3.63) is 0 Å². The van der Waals surface area contributed by atoms with Crippen molar-refractivity contribution in [2.75, 3.05) is 26.8 Å². The topological polar surface area (TPSA) is 21.3 Å². The van der Waals surface area contributed by atoms with Gasteiger partial charge in [-0.15, -0.1) is 0 Å². The van der Waals surface area contributed by atoms with Gasteiger partial charge in [0.2, 0.25) is 0 Å². The van der Waals surface area contributed by atoms with Crippen LogP contribution in [0.25, 0.3) is 0 Å². The molecule has 0 aromatic rings. The Kier molecular flexibility index (Phi) is 6.26. The van der Waals surface area contributed by atoms with E-state index in [9.17, 15) is 0 Å². The highest BCUT2D eigenvalue weighted by atomic mass is 16.5. The van der Waals surface area contributed by atoms with E-state index in [4.69, 9.17) is 4.74 Å². The maximum atomic E-state index is 5.04. The van der Waals surface area contributed by atoms with E-state index in [1.54, 1.807) is 7.11 Å². The summed E-state index contributed by atoms with van der Waals surface area (Å²) >= 11 is 0. The van der Waals surface area contributed by atoms with Gasteiger partial charge in [-0.1, -0.05) is 33.1 Å². The zero-order chi connectivity index (χ0) is 11.1. The van der Waals surface area contributed by atoms with Gasteiger partial charge in [-0.05, 0) is 30.7 Å². The van der Waals surface area contributed by atoms with Gasteiger partial charge in [0, 0.05) is 13.7 Å². The third kappa shape index (κ3) is 4.98. The van der Waals surface area contributed by atoms with Crippen molar-refractivity contribution in [2.45, 2.75) is 39.5 Å². The molecule has 2 heteroatoms. The zero-order valence-corrected chi connectivity index (χ0v) is 10.6. The van der Waals surface area contributed by atoms with Crippen LogP contribution in [0.4, 0.5) is 0 Å². The standard InChI is InChI=1S/C13H27NO/c1-11(2)9-13(12-5-4-6-12)10-14-7-8-15-3/h11-14H,4-10H2,1-3H3. The van der Waals surface area contributed by atoms with Crippen LogP contribution in [0.3, 0.4) is 0 Å². The molecule has 0 radical (unpaired) electrons. The molecule has 0 aromatic carbocycles. The maximum absolute atomic E-state index is 5.04. The summed E-state index contributed by atoms with van der Waals surface area (Å²) in [7, 11) is 1.76. The van der Waals surface area contributed by atoms with Crippen LogP contribution in [0.1, 0.15) is 39.5 Å². The van der Waals surface area contributed by atoms with Crippen molar-refractivity contribution in [1.82, 2.24) is 5.32 Å². The number of hydrogen-bond donors (Lipinski definition) is 1. The number of hydrogen-bond acceptors (Lipinski definition) is 2. The third-order valence-electron chi connectivity index (χ3n) is 3.48. The quantitative estimate of drug-likeness (QED) is 0.626. The lowest BCUT2D eigenvalue weighted by atomic mass is 9.73. The number of rotatable bonds is 8. The monoisotopic (exact) mass is 213 g/mol. The Bertz CT molecular complexity index is 155. The fraction of sp³-hybridized carbons (Fsp3) is 1.00. The van der Waals surface area contributed by atoms with E-state index >= 15 is 0 Å². The van der Waals surface area contributed by atoms with Gasteiger partial charge in [-0.25, -0.2) is 0 Å². The van der Waals surface area contributed by atoms with Crippen molar-refractivity contribution in [3.8, 4) is 0 Å². The Morgan fingerprint density at radius 3 is 2.53 bits per heavy atom. The van der Waals surface area contributed by atoms with Crippen molar-refractivity contribution >= 4 is 0 Å². The molecule has 0 bridgehead atoms. The summed E-state index contributed by atoms with van der Waals surface area (Å²) in [6.07, 6.45) is 5.76. The Morgan fingerprint density at radius 1 is 1.33 bits per heavy atom. The largest absolute Gasteiger partial charge is 0.383 e. The van der Waals surface area contributed by atoms with Gasteiger partial charge < -0.3 is 10.1 Å². The average molecular weight is 213 g/mol. The van der Waals surface area contributed by atoms with Gasteiger partial charge >= 0.3 is 0 Å². The summed E-state index contributed by atoms with van der Waals surface area (Å²) < 4.78 is 5.04. The van der Waals surface area contributed by atoms with Gasteiger partial charge in [0.15, 0.2) is 0 Å². The number of ether oxygens (including phenoxy) is 1. The highest BCUT2D eigenvalue weighted by Crippen LogP contribution is 2.36. The lowest BCUT2D eigenvalue weighted by Crippen LogP contribution is -2.34. The Hall–Kier alpha value is -0.0800. The van der Waals surface area contributed by atoms with Crippen LogP contribution in [0.15, 0.2) is 0 Å².